The molecular weight excluding hydrogens is 214 g/mol. The van der Waals surface area contributed by atoms with Crippen LogP contribution in [-0.2, 0) is 4.74 Å². The second kappa shape index (κ2) is 8.82. The van der Waals surface area contributed by atoms with Crippen LogP contribution in [0.15, 0.2) is 18.5 Å². The quantitative estimate of drug-likeness (QED) is 0.648. The SMILES string of the molecule is CCCNc1cncc(NCCCOCC)c1. The van der Waals surface area contributed by atoms with Gasteiger partial charge < -0.3 is 15.4 Å². The van der Waals surface area contributed by atoms with Crippen molar-refractivity contribution < 1.29 is 4.74 Å². The zero-order chi connectivity index (χ0) is 12.3. The number of hydrogen-bond donors (Lipinski definition) is 2. The van der Waals surface area contributed by atoms with Crippen LogP contribution < -0.4 is 10.6 Å². The molecule has 17 heavy (non-hydrogen) atoms. The maximum absolute atomic E-state index is 5.28. The van der Waals surface area contributed by atoms with E-state index in [1.54, 1.807) is 0 Å². The maximum Gasteiger partial charge on any atom is 0.0547 e. The van der Waals surface area contributed by atoms with Crippen LogP contribution in [0.2, 0.25) is 0 Å². The summed E-state index contributed by atoms with van der Waals surface area (Å²) in [5, 5.41) is 6.66. The summed E-state index contributed by atoms with van der Waals surface area (Å²) in [6.07, 6.45) is 5.82. The Labute approximate surface area is 104 Å². The molecule has 1 aromatic heterocycles. The third kappa shape index (κ3) is 6.12. The summed E-state index contributed by atoms with van der Waals surface area (Å²) < 4.78 is 5.28. The average molecular weight is 237 g/mol. The van der Waals surface area contributed by atoms with E-state index in [-0.39, 0.29) is 0 Å². The summed E-state index contributed by atoms with van der Waals surface area (Å²) in [5.74, 6) is 0. The molecule has 0 fully saturated rings. The summed E-state index contributed by atoms with van der Waals surface area (Å²) in [4.78, 5) is 4.20. The third-order valence-corrected chi connectivity index (χ3v) is 2.32. The maximum atomic E-state index is 5.28. The van der Waals surface area contributed by atoms with Crippen molar-refractivity contribution >= 4 is 11.4 Å². The van der Waals surface area contributed by atoms with Gasteiger partial charge in [-0.25, -0.2) is 0 Å². The molecular formula is C13H23N3O. The van der Waals surface area contributed by atoms with Gasteiger partial charge in [0.15, 0.2) is 0 Å². The molecule has 0 aliphatic carbocycles. The number of pyridine rings is 1. The van der Waals surface area contributed by atoms with Crippen molar-refractivity contribution in [2.24, 2.45) is 0 Å². The van der Waals surface area contributed by atoms with E-state index >= 15 is 0 Å². The van der Waals surface area contributed by atoms with Crippen molar-refractivity contribution in [2.75, 3.05) is 36.9 Å². The highest BCUT2D eigenvalue weighted by Gasteiger charge is 1.95. The number of nitrogens with one attached hydrogen (secondary N) is 2. The van der Waals surface area contributed by atoms with E-state index in [0.29, 0.717) is 0 Å². The molecule has 4 nitrogen and oxygen atoms in total. The van der Waals surface area contributed by atoms with E-state index in [2.05, 4.69) is 28.6 Å². The average Bonchev–Trinajstić information content (AvgIpc) is 2.37. The van der Waals surface area contributed by atoms with Gasteiger partial charge in [-0.2, -0.15) is 0 Å². The van der Waals surface area contributed by atoms with Crippen molar-refractivity contribution in [2.45, 2.75) is 26.7 Å². The minimum absolute atomic E-state index is 0.790. The normalized spacial score (nSPS) is 10.2. The van der Waals surface area contributed by atoms with Gasteiger partial charge in [0.2, 0.25) is 0 Å². The zero-order valence-electron chi connectivity index (χ0n) is 10.8. The molecule has 1 rings (SSSR count). The summed E-state index contributed by atoms with van der Waals surface area (Å²) >= 11 is 0. The van der Waals surface area contributed by atoms with Crippen LogP contribution in [-0.4, -0.2) is 31.3 Å². The van der Waals surface area contributed by atoms with Crippen LogP contribution >= 0.6 is 0 Å². The van der Waals surface area contributed by atoms with Crippen LogP contribution in [0, 0.1) is 0 Å². The van der Waals surface area contributed by atoms with E-state index in [1.165, 1.54) is 0 Å². The zero-order valence-corrected chi connectivity index (χ0v) is 10.8. The molecule has 0 saturated heterocycles. The van der Waals surface area contributed by atoms with Gasteiger partial charge in [0, 0.05) is 26.3 Å². The fourth-order valence-corrected chi connectivity index (χ4v) is 1.45. The highest BCUT2D eigenvalue weighted by atomic mass is 16.5. The minimum atomic E-state index is 0.790. The number of anilines is 2. The first-order chi connectivity index (χ1) is 8.36. The Morgan fingerprint density at radius 2 is 1.82 bits per heavy atom. The molecule has 0 unspecified atom stereocenters. The van der Waals surface area contributed by atoms with E-state index in [1.807, 2.05) is 19.3 Å². The summed E-state index contributed by atoms with van der Waals surface area (Å²) in [7, 11) is 0. The molecule has 0 bridgehead atoms. The van der Waals surface area contributed by atoms with Gasteiger partial charge in [0.05, 0.1) is 23.8 Å². The highest BCUT2D eigenvalue weighted by molar-refractivity contribution is 5.53. The van der Waals surface area contributed by atoms with Gasteiger partial charge in [-0.15, -0.1) is 0 Å². The highest BCUT2D eigenvalue weighted by Crippen LogP contribution is 2.12. The monoisotopic (exact) mass is 237 g/mol. The van der Waals surface area contributed by atoms with Gasteiger partial charge in [-0.05, 0) is 25.8 Å². The molecule has 0 aliphatic heterocycles. The van der Waals surface area contributed by atoms with Crippen molar-refractivity contribution in [3.63, 3.8) is 0 Å². The van der Waals surface area contributed by atoms with Crippen molar-refractivity contribution in [3.8, 4) is 0 Å². The molecule has 0 atom stereocenters. The van der Waals surface area contributed by atoms with Gasteiger partial charge in [0.1, 0.15) is 0 Å². The first kappa shape index (κ1) is 13.8. The second-order valence-electron chi connectivity index (χ2n) is 3.87. The summed E-state index contributed by atoms with van der Waals surface area (Å²) in [5.41, 5.74) is 2.13. The molecule has 1 heterocycles. The summed E-state index contributed by atoms with van der Waals surface area (Å²) in [6.45, 7) is 7.66. The van der Waals surface area contributed by atoms with Crippen molar-refractivity contribution in [3.05, 3.63) is 18.5 Å². The van der Waals surface area contributed by atoms with Crippen LogP contribution in [0.4, 0.5) is 11.4 Å². The van der Waals surface area contributed by atoms with Gasteiger partial charge in [-0.3, -0.25) is 4.98 Å². The molecule has 0 amide bonds. The molecule has 0 aromatic carbocycles. The lowest BCUT2D eigenvalue weighted by atomic mass is 10.3. The lowest BCUT2D eigenvalue weighted by Gasteiger charge is -2.09. The molecule has 0 aliphatic rings. The van der Waals surface area contributed by atoms with Gasteiger partial charge >= 0.3 is 0 Å². The number of rotatable bonds is 9. The van der Waals surface area contributed by atoms with Crippen LogP contribution in [0.25, 0.3) is 0 Å². The predicted molar refractivity (Wildman–Crippen MR) is 72.6 cm³/mol. The molecule has 96 valence electrons. The Bertz CT molecular complexity index is 304. The molecule has 4 heteroatoms. The first-order valence-corrected chi connectivity index (χ1v) is 6.37. The lowest BCUT2D eigenvalue weighted by Crippen LogP contribution is -2.07. The predicted octanol–water partition coefficient (Wildman–Crippen LogP) is 2.74. The largest absolute Gasteiger partial charge is 0.384 e. The van der Waals surface area contributed by atoms with E-state index in [9.17, 15) is 0 Å². The standard InChI is InChI=1S/C13H23N3O/c1-3-6-15-12-9-13(11-14-10-12)16-7-5-8-17-4-2/h9-11,15-16H,3-8H2,1-2H3. The fourth-order valence-electron chi connectivity index (χ4n) is 1.45. The molecule has 2 N–H and O–H groups in total. The lowest BCUT2D eigenvalue weighted by molar-refractivity contribution is 0.147. The molecule has 0 radical (unpaired) electrons. The third-order valence-electron chi connectivity index (χ3n) is 2.32. The fraction of sp³-hybridized carbons (Fsp3) is 0.615. The van der Waals surface area contributed by atoms with E-state index in [4.69, 9.17) is 4.74 Å². The van der Waals surface area contributed by atoms with Gasteiger partial charge in [0.25, 0.3) is 0 Å². The Morgan fingerprint density at radius 3 is 2.47 bits per heavy atom. The van der Waals surface area contributed by atoms with Crippen LogP contribution in [0.5, 0.6) is 0 Å². The number of hydrogen-bond acceptors (Lipinski definition) is 4. The Balaban J connectivity index is 2.27. The van der Waals surface area contributed by atoms with Gasteiger partial charge in [-0.1, -0.05) is 6.92 Å². The van der Waals surface area contributed by atoms with Crippen LogP contribution in [0.3, 0.4) is 0 Å². The second-order valence-corrected chi connectivity index (χ2v) is 3.87. The number of ether oxygens (including phenoxy) is 1. The molecule has 0 spiro atoms. The Kier molecular flexibility index (Phi) is 7.14. The van der Waals surface area contributed by atoms with E-state index < -0.39 is 0 Å². The van der Waals surface area contributed by atoms with Crippen LogP contribution in [0.1, 0.15) is 26.7 Å². The molecule has 1 aromatic rings. The first-order valence-electron chi connectivity index (χ1n) is 6.37. The van der Waals surface area contributed by atoms with Crippen molar-refractivity contribution in [1.82, 2.24) is 4.98 Å². The van der Waals surface area contributed by atoms with E-state index in [0.717, 1.165) is 50.5 Å². The summed E-state index contributed by atoms with van der Waals surface area (Å²) in [6, 6.07) is 2.09. The van der Waals surface area contributed by atoms with Crippen molar-refractivity contribution in [1.29, 1.82) is 0 Å². The molecule has 0 saturated carbocycles. The Hall–Kier alpha value is -1.29. The Morgan fingerprint density at radius 1 is 1.12 bits per heavy atom. The minimum Gasteiger partial charge on any atom is -0.384 e. The number of aromatic nitrogens is 1. The smallest absolute Gasteiger partial charge is 0.0547 e. The topological polar surface area (TPSA) is 46.2 Å². The number of nitrogens with zero attached hydrogens (tertiary/aromatic N) is 1.